The van der Waals surface area contributed by atoms with Crippen LogP contribution in [-0.4, -0.2) is 78.5 Å². The van der Waals surface area contributed by atoms with Crippen molar-refractivity contribution < 1.29 is 4.79 Å². The van der Waals surface area contributed by atoms with Crippen molar-refractivity contribution >= 4 is 5.91 Å². The molecule has 2 unspecified atom stereocenters. The molecule has 122 valence electrons. The van der Waals surface area contributed by atoms with Crippen LogP contribution in [0.15, 0.2) is 0 Å². The van der Waals surface area contributed by atoms with Crippen LogP contribution in [0.5, 0.6) is 0 Å². The molecule has 0 spiro atoms. The van der Waals surface area contributed by atoms with Crippen molar-refractivity contribution in [2.75, 3.05) is 45.8 Å². The van der Waals surface area contributed by atoms with Crippen LogP contribution in [0, 0.1) is 0 Å². The summed E-state index contributed by atoms with van der Waals surface area (Å²) in [7, 11) is 0. The summed E-state index contributed by atoms with van der Waals surface area (Å²) in [4.78, 5) is 19.3. The molecule has 0 aromatic heterocycles. The molecule has 2 N–H and O–H groups in total. The number of hydrogen-bond acceptors (Lipinski definition) is 4. The van der Waals surface area contributed by atoms with Gasteiger partial charge in [-0.2, -0.15) is 0 Å². The van der Waals surface area contributed by atoms with E-state index in [2.05, 4.69) is 23.6 Å². The Labute approximate surface area is 129 Å². The number of likely N-dealkylation sites (N-methyl/N-ethyl adjacent to an activating group) is 1. The number of nitrogens with two attached hydrogens (primary N) is 1. The van der Waals surface area contributed by atoms with Crippen molar-refractivity contribution in [1.29, 1.82) is 0 Å². The first-order chi connectivity index (χ1) is 10.2. The Balaban J connectivity index is 1.85. The van der Waals surface area contributed by atoms with E-state index in [1.54, 1.807) is 0 Å². The molecule has 1 amide bonds. The molecule has 0 aromatic rings. The van der Waals surface area contributed by atoms with Gasteiger partial charge in [0.15, 0.2) is 0 Å². The van der Waals surface area contributed by atoms with E-state index in [4.69, 9.17) is 5.73 Å². The molecule has 0 bridgehead atoms. The van der Waals surface area contributed by atoms with Gasteiger partial charge in [-0.1, -0.05) is 13.8 Å². The number of carbonyl (C=O) groups excluding carboxylic acids is 1. The van der Waals surface area contributed by atoms with E-state index in [0.29, 0.717) is 24.9 Å². The fourth-order valence-electron chi connectivity index (χ4n) is 3.80. The minimum atomic E-state index is 0.221. The van der Waals surface area contributed by atoms with Crippen LogP contribution < -0.4 is 5.73 Å². The zero-order valence-electron chi connectivity index (χ0n) is 13.8. The van der Waals surface area contributed by atoms with Gasteiger partial charge in [-0.05, 0) is 32.4 Å². The second-order valence-electron chi connectivity index (χ2n) is 6.34. The van der Waals surface area contributed by atoms with Gasteiger partial charge in [-0.25, -0.2) is 0 Å². The lowest BCUT2D eigenvalue weighted by Crippen LogP contribution is -2.45. The fourth-order valence-corrected chi connectivity index (χ4v) is 3.80. The highest BCUT2D eigenvalue weighted by atomic mass is 16.2. The first-order valence-corrected chi connectivity index (χ1v) is 8.65. The van der Waals surface area contributed by atoms with E-state index in [-0.39, 0.29) is 6.04 Å². The third-order valence-corrected chi connectivity index (χ3v) is 5.18. The van der Waals surface area contributed by atoms with Crippen molar-refractivity contribution in [3.05, 3.63) is 0 Å². The lowest BCUT2D eigenvalue weighted by molar-refractivity contribution is -0.131. The summed E-state index contributed by atoms with van der Waals surface area (Å²) in [6, 6.07) is 0.856. The van der Waals surface area contributed by atoms with E-state index in [0.717, 1.165) is 52.1 Å². The molecule has 5 heteroatoms. The summed E-state index contributed by atoms with van der Waals surface area (Å²) < 4.78 is 0. The highest BCUT2D eigenvalue weighted by Crippen LogP contribution is 2.20. The molecule has 0 aliphatic carbocycles. The standard InChI is InChI=1S/C16H32N4O/c1-3-18(4-2)14-7-10-20(13-14)15(12-17)11-16(21)19-8-5-6-9-19/h14-15H,3-13,17H2,1-2H3. The lowest BCUT2D eigenvalue weighted by Gasteiger charge is -2.30. The molecule has 2 atom stereocenters. The lowest BCUT2D eigenvalue weighted by atomic mass is 10.1. The number of amides is 1. The van der Waals surface area contributed by atoms with E-state index in [9.17, 15) is 4.79 Å². The molecular weight excluding hydrogens is 264 g/mol. The first-order valence-electron chi connectivity index (χ1n) is 8.65. The predicted molar refractivity (Wildman–Crippen MR) is 86.2 cm³/mol. The van der Waals surface area contributed by atoms with Gasteiger partial charge in [-0.15, -0.1) is 0 Å². The Morgan fingerprint density at radius 2 is 1.90 bits per heavy atom. The summed E-state index contributed by atoms with van der Waals surface area (Å²) in [5.41, 5.74) is 5.96. The third kappa shape index (κ3) is 4.18. The Morgan fingerprint density at radius 3 is 2.48 bits per heavy atom. The van der Waals surface area contributed by atoms with Crippen LogP contribution in [0.1, 0.15) is 39.5 Å². The van der Waals surface area contributed by atoms with Crippen LogP contribution in [-0.2, 0) is 4.79 Å². The van der Waals surface area contributed by atoms with Gasteiger partial charge >= 0.3 is 0 Å². The van der Waals surface area contributed by atoms with E-state index in [1.807, 2.05) is 4.90 Å². The van der Waals surface area contributed by atoms with Crippen molar-refractivity contribution in [3.63, 3.8) is 0 Å². The van der Waals surface area contributed by atoms with Gasteiger partial charge in [0.2, 0.25) is 5.91 Å². The second kappa shape index (κ2) is 8.11. The summed E-state index contributed by atoms with van der Waals surface area (Å²) in [6.07, 6.45) is 4.12. The number of hydrogen-bond donors (Lipinski definition) is 1. The normalized spacial score (nSPS) is 25.0. The average Bonchev–Trinajstić information content (AvgIpc) is 3.17. The van der Waals surface area contributed by atoms with E-state index in [1.165, 1.54) is 6.42 Å². The number of nitrogens with zero attached hydrogens (tertiary/aromatic N) is 3. The van der Waals surface area contributed by atoms with Crippen LogP contribution in [0.2, 0.25) is 0 Å². The molecule has 2 rings (SSSR count). The van der Waals surface area contributed by atoms with Crippen molar-refractivity contribution in [2.24, 2.45) is 5.73 Å². The zero-order chi connectivity index (χ0) is 15.2. The molecule has 2 fully saturated rings. The largest absolute Gasteiger partial charge is 0.343 e. The maximum atomic E-state index is 12.3. The molecule has 0 radical (unpaired) electrons. The molecule has 2 saturated heterocycles. The molecular formula is C16H32N4O. The van der Waals surface area contributed by atoms with Gasteiger partial charge in [0.1, 0.15) is 0 Å². The van der Waals surface area contributed by atoms with Gasteiger partial charge in [-0.3, -0.25) is 14.6 Å². The van der Waals surface area contributed by atoms with Gasteiger partial charge < -0.3 is 10.6 Å². The van der Waals surface area contributed by atoms with Crippen LogP contribution in [0.25, 0.3) is 0 Å². The molecule has 0 aromatic carbocycles. The van der Waals surface area contributed by atoms with Crippen LogP contribution >= 0.6 is 0 Å². The minimum Gasteiger partial charge on any atom is -0.343 e. The summed E-state index contributed by atoms with van der Waals surface area (Å²) in [5, 5.41) is 0. The van der Waals surface area contributed by atoms with Crippen molar-refractivity contribution in [3.8, 4) is 0 Å². The molecule has 2 aliphatic rings. The summed E-state index contributed by atoms with van der Waals surface area (Å²) in [6.45, 7) is 11.3. The third-order valence-electron chi connectivity index (χ3n) is 5.18. The first kappa shape index (κ1) is 16.7. The highest BCUT2D eigenvalue weighted by molar-refractivity contribution is 5.77. The topological polar surface area (TPSA) is 52.8 Å². The smallest absolute Gasteiger partial charge is 0.224 e. The average molecular weight is 296 g/mol. The Bertz CT molecular complexity index is 326. The second-order valence-corrected chi connectivity index (χ2v) is 6.34. The molecule has 2 aliphatic heterocycles. The quantitative estimate of drug-likeness (QED) is 0.753. The van der Waals surface area contributed by atoms with E-state index >= 15 is 0 Å². The maximum absolute atomic E-state index is 12.3. The molecule has 0 saturated carbocycles. The van der Waals surface area contributed by atoms with Crippen LogP contribution in [0.4, 0.5) is 0 Å². The monoisotopic (exact) mass is 296 g/mol. The van der Waals surface area contributed by atoms with E-state index < -0.39 is 0 Å². The number of carbonyl (C=O) groups is 1. The Hall–Kier alpha value is -0.650. The molecule has 5 nitrogen and oxygen atoms in total. The van der Waals surface area contributed by atoms with Gasteiger partial charge in [0, 0.05) is 51.2 Å². The Kier molecular flexibility index (Phi) is 6.45. The maximum Gasteiger partial charge on any atom is 0.224 e. The van der Waals surface area contributed by atoms with Crippen molar-refractivity contribution in [1.82, 2.24) is 14.7 Å². The summed E-state index contributed by atoms with van der Waals surface area (Å²) in [5.74, 6) is 0.300. The molecule has 21 heavy (non-hydrogen) atoms. The fraction of sp³-hybridized carbons (Fsp3) is 0.938. The van der Waals surface area contributed by atoms with Crippen LogP contribution in [0.3, 0.4) is 0 Å². The molecule has 2 heterocycles. The number of likely N-dealkylation sites (tertiary alicyclic amines) is 2. The van der Waals surface area contributed by atoms with Crippen molar-refractivity contribution in [2.45, 2.75) is 51.6 Å². The zero-order valence-corrected chi connectivity index (χ0v) is 13.8. The predicted octanol–water partition coefficient (Wildman–Crippen LogP) is 0.742. The number of rotatable bonds is 7. The Morgan fingerprint density at radius 1 is 1.24 bits per heavy atom. The summed E-state index contributed by atoms with van der Waals surface area (Å²) >= 11 is 0. The minimum absolute atomic E-state index is 0.221. The van der Waals surface area contributed by atoms with Gasteiger partial charge in [0.05, 0.1) is 0 Å². The highest BCUT2D eigenvalue weighted by Gasteiger charge is 2.32. The van der Waals surface area contributed by atoms with Gasteiger partial charge in [0.25, 0.3) is 0 Å². The SMILES string of the molecule is CCN(CC)C1CCN(C(CN)CC(=O)N2CCCC2)C1.